The van der Waals surface area contributed by atoms with E-state index in [0.717, 1.165) is 33.0 Å². The first kappa shape index (κ1) is 25.8. The highest BCUT2D eigenvalue weighted by molar-refractivity contribution is 7.13. The minimum absolute atomic E-state index is 0.268. The number of nitrogens with zero attached hydrogens (tertiary/aromatic N) is 1. The number of anilines is 1. The van der Waals surface area contributed by atoms with Crippen LogP contribution in [0.5, 0.6) is 0 Å². The SMILES string of the molecule is O=C(O)[C@@H]1[C@@H](c2ccc(-c3nsc4ccccc34)cc2)CCC[C@H]1C(=O)Nc1ccc(C(F)(F)F)cc1F. The standard InChI is InChI=1S/C28H22F4N2O3S/c29-21-14-17(28(30,31)32)12-13-22(21)33-26(35)20-6-3-5-18(24(20)27(36)37)15-8-10-16(11-9-15)25-19-4-1-2-7-23(19)38-34-25/h1-2,4,7-14,18,20,24H,3,5-6H2,(H,33,35)(H,36,37)/t18-,20-,24-/m1/s1. The molecule has 1 amide bonds. The molecule has 5 rings (SSSR count). The van der Waals surface area contributed by atoms with Crippen LogP contribution in [0.2, 0.25) is 0 Å². The minimum atomic E-state index is -4.73. The number of carboxylic acid groups (broad SMARTS) is 1. The van der Waals surface area contributed by atoms with Crippen molar-refractivity contribution in [3.05, 3.63) is 83.7 Å². The fraction of sp³-hybridized carbons (Fsp3) is 0.250. The van der Waals surface area contributed by atoms with Crippen molar-refractivity contribution in [1.82, 2.24) is 4.37 Å². The summed E-state index contributed by atoms with van der Waals surface area (Å²) in [6.07, 6.45) is -3.34. The summed E-state index contributed by atoms with van der Waals surface area (Å²) in [4.78, 5) is 25.4. The van der Waals surface area contributed by atoms with Crippen LogP contribution in [-0.2, 0) is 15.8 Å². The number of hydrogen-bond donors (Lipinski definition) is 2. The second-order valence-electron chi connectivity index (χ2n) is 9.34. The van der Waals surface area contributed by atoms with E-state index < -0.39 is 52.9 Å². The smallest absolute Gasteiger partial charge is 0.416 e. The summed E-state index contributed by atoms with van der Waals surface area (Å²) in [5.74, 6) is -5.64. The van der Waals surface area contributed by atoms with Crippen molar-refractivity contribution in [2.75, 3.05) is 5.32 Å². The molecule has 3 atom stereocenters. The number of carbonyl (C=O) groups excluding carboxylic acids is 1. The first-order chi connectivity index (χ1) is 18.1. The largest absolute Gasteiger partial charge is 0.481 e. The maximum absolute atomic E-state index is 14.3. The van der Waals surface area contributed by atoms with Gasteiger partial charge in [0.05, 0.1) is 33.5 Å². The predicted octanol–water partition coefficient (Wildman–Crippen LogP) is 7.34. The van der Waals surface area contributed by atoms with Crippen LogP contribution >= 0.6 is 11.5 Å². The van der Waals surface area contributed by atoms with Crippen LogP contribution in [-0.4, -0.2) is 21.4 Å². The lowest BCUT2D eigenvalue weighted by Gasteiger charge is -2.35. The Balaban J connectivity index is 1.37. The Hall–Kier alpha value is -3.79. The molecule has 3 aromatic carbocycles. The van der Waals surface area contributed by atoms with Crippen LogP contribution in [0.25, 0.3) is 21.3 Å². The van der Waals surface area contributed by atoms with E-state index in [1.807, 2.05) is 48.5 Å². The molecule has 1 saturated carbocycles. The van der Waals surface area contributed by atoms with E-state index in [4.69, 9.17) is 0 Å². The third-order valence-corrected chi connectivity index (χ3v) is 7.89. The normalized spacial score (nSPS) is 19.8. The topological polar surface area (TPSA) is 79.3 Å². The maximum atomic E-state index is 14.3. The van der Waals surface area contributed by atoms with Gasteiger partial charge in [0.15, 0.2) is 0 Å². The van der Waals surface area contributed by atoms with Crippen molar-refractivity contribution >= 4 is 39.2 Å². The van der Waals surface area contributed by atoms with E-state index in [1.165, 1.54) is 11.5 Å². The van der Waals surface area contributed by atoms with Crippen LogP contribution in [0.3, 0.4) is 0 Å². The van der Waals surface area contributed by atoms with Crippen LogP contribution < -0.4 is 5.32 Å². The van der Waals surface area contributed by atoms with Gasteiger partial charge in [-0.3, -0.25) is 9.59 Å². The zero-order chi connectivity index (χ0) is 27.0. The highest BCUT2D eigenvalue weighted by Crippen LogP contribution is 2.43. The van der Waals surface area contributed by atoms with Crippen molar-refractivity contribution in [2.45, 2.75) is 31.4 Å². The number of aromatic nitrogens is 1. The molecule has 4 aromatic rings. The van der Waals surface area contributed by atoms with Gasteiger partial charge in [-0.25, -0.2) is 4.39 Å². The zero-order valence-electron chi connectivity index (χ0n) is 19.8. The number of carboxylic acids is 1. The van der Waals surface area contributed by atoms with Gasteiger partial charge in [0.2, 0.25) is 5.91 Å². The highest BCUT2D eigenvalue weighted by Gasteiger charge is 2.43. The fourth-order valence-corrected chi connectivity index (χ4v) is 6.01. The molecular formula is C28H22F4N2O3S. The Morgan fingerprint density at radius 3 is 2.42 bits per heavy atom. The number of carbonyl (C=O) groups is 2. The molecule has 5 nitrogen and oxygen atoms in total. The molecule has 0 saturated heterocycles. The number of amides is 1. The van der Waals surface area contributed by atoms with Gasteiger partial charge in [0.1, 0.15) is 5.82 Å². The second-order valence-corrected chi connectivity index (χ2v) is 10.1. The third kappa shape index (κ3) is 5.00. The Bertz CT molecular complexity index is 1500. The third-order valence-electron chi connectivity index (χ3n) is 7.06. The monoisotopic (exact) mass is 542 g/mol. The van der Waals surface area contributed by atoms with Gasteiger partial charge in [0, 0.05) is 10.9 Å². The molecule has 38 heavy (non-hydrogen) atoms. The molecule has 1 fully saturated rings. The lowest BCUT2D eigenvalue weighted by Crippen LogP contribution is -2.40. The van der Waals surface area contributed by atoms with Crippen LogP contribution in [0.15, 0.2) is 66.7 Å². The van der Waals surface area contributed by atoms with Gasteiger partial charge in [0.25, 0.3) is 0 Å². The van der Waals surface area contributed by atoms with E-state index in [2.05, 4.69) is 9.69 Å². The number of fused-ring (bicyclic) bond motifs is 1. The van der Waals surface area contributed by atoms with Gasteiger partial charge < -0.3 is 10.4 Å². The molecular weight excluding hydrogens is 520 g/mol. The average Bonchev–Trinajstić information content (AvgIpc) is 3.33. The Morgan fingerprint density at radius 2 is 1.74 bits per heavy atom. The van der Waals surface area contributed by atoms with Crippen molar-refractivity contribution < 1.29 is 32.3 Å². The number of rotatable bonds is 5. The summed E-state index contributed by atoms with van der Waals surface area (Å²) in [6.45, 7) is 0. The predicted molar refractivity (Wildman–Crippen MR) is 136 cm³/mol. The number of alkyl halides is 3. The van der Waals surface area contributed by atoms with E-state index in [9.17, 15) is 32.3 Å². The molecule has 0 aliphatic heterocycles. The molecule has 0 unspecified atom stereocenters. The Morgan fingerprint density at radius 1 is 1.00 bits per heavy atom. The van der Waals surface area contributed by atoms with Crippen molar-refractivity contribution in [2.24, 2.45) is 11.8 Å². The summed E-state index contributed by atoms with van der Waals surface area (Å²) in [7, 11) is 0. The summed E-state index contributed by atoms with van der Waals surface area (Å²) in [5.41, 5.74) is 0.892. The quantitative estimate of drug-likeness (QED) is 0.259. The van der Waals surface area contributed by atoms with E-state index in [0.29, 0.717) is 25.0 Å². The number of benzene rings is 3. The lowest BCUT2D eigenvalue weighted by atomic mass is 9.69. The molecule has 0 radical (unpaired) electrons. The zero-order valence-corrected chi connectivity index (χ0v) is 20.7. The Labute approximate surface area is 219 Å². The van der Waals surface area contributed by atoms with Crippen molar-refractivity contribution in [3.63, 3.8) is 0 Å². The second kappa shape index (κ2) is 10.2. The van der Waals surface area contributed by atoms with Gasteiger partial charge in [-0.05, 0) is 60.1 Å². The lowest BCUT2D eigenvalue weighted by molar-refractivity contribution is -0.148. The first-order valence-corrected chi connectivity index (χ1v) is 12.8. The summed E-state index contributed by atoms with van der Waals surface area (Å²) in [6, 6.07) is 17.2. The molecule has 0 bridgehead atoms. The van der Waals surface area contributed by atoms with E-state index in [1.54, 1.807) is 0 Å². The molecule has 2 N–H and O–H groups in total. The van der Waals surface area contributed by atoms with Crippen LogP contribution in [0, 0.1) is 17.7 Å². The van der Waals surface area contributed by atoms with Gasteiger partial charge in [-0.2, -0.15) is 17.5 Å². The summed E-state index contributed by atoms with van der Waals surface area (Å²) >= 11 is 1.40. The number of halogens is 4. The molecule has 0 spiro atoms. The Kier molecular flexibility index (Phi) is 6.92. The molecule has 1 heterocycles. The van der Waals surface area contributed by atoms with Crippen molar-refractivity contribution in [1.29, 1.82) is 0 Å². The average molecular weight is 543 g/mol. The van der Waals surface area contributed by atoms with E-state index >= 15 is 0 Å². The molecule has 1 aliphatic carbocycles. The van der Waals surface area contributed by atoms with Gasteiger partial charge in [-0.1, -0.05) is 48.9 Å². The number of aliphatic carboxylic acids is 1. The fourth-order valence-electron chi connectivity index (χ4n) is 5.21. The maximum Gasteiger partial charge on any atom is 0.416 e. The highest BCUT2D eigenvalue weighted by atomic mass is 32.1. The van der Waals surface area contributed by atoms with Gasteiger partial charge >= 0.3 is 12.1 Å². The summed E-state index contributed by atoms with van der Waals surface area (Å²) < 4.78 is 58.5. The number of hydrogen-bond acceptors (Lipinski definition) is 4. The van der Waals surface area contributed by atoms with Crippen molar-refractivity contribution in [3.8, 4) is 11.3 Å². The van der Waals surface area contributed by atoms with E-state index in [-0.39, 0.29) is 6.42 Å². The molecule has 1 aromatic heterocycles. The molecule has 196 valence electrons. The summed E-state index contributed by atoms with van der Waals surface area (Å²) in [5, 5.41) is 13.4. The van der Waals surface area contributed by atoms with Crippen LogP contribution in [0.1, 0.15) is 36.3 Å². The minimum Gasteiger partial charge on any atom is -0.481 e. The first-order valence-electron chi connectivity index (χ1n) is 12.0. The van der Waals surface area contributed by atoms with Crippen LogP contribution in [0.4, 0.5) is 23.2 Å². The molecule has 1 aliphatic rings. The molecule has 10 heteroatoms. The number of nitrogens with one attached hydrogen (secondary N) is 1. The van der Waals surface area contributed by atoms with Gasteiger partial charge in [-0.15, -0.1) is 0 Å².